The molecule has 0 heterocycles. The van der Waals surface area contributed by atoms with Crippen LogP contribution in [0.2, 0.25) is 0 Å². The molecule has 0 aliphatic heterocycles. The summed E-state index contributed by atoms with van der Waals surface area (Å²) in [6.07, 6.45) is 31.4. The molecule has 0 aliphatic rings. The van der Waals surface area contributed by atoms with Gasteiger partial charge < -0.3 is 4.74 Å². The summed E-state index contributed by atoms with van der Waals surface area (Å²) in [7, 11) is 0. The van der Waals surface area contributed by atoms with E-state index < -0.39 is 0 Å². The maximum atomic E-state index is 12.1. The van der Waals surface area contributed by atoms with Crippen LogP contribution in [0.15, 0.2) is 12.7 Å². The molecule has 0 aromatic rings. The van der Waals surface area contributed by atoms with Crippen molar-refractivity contribution >= 4 is 5.97 Å². The van der Waals surface area contributed by atoms with Gasteiger partial charge in [-0.05, 0) is 32.1 Å². The Balaban J connectivity index is 3.55. The van der Waals surface area contributed by atoms with E-state index in [9.17, 15) is 9.18 Å². The lowest BCUT2D eigenvalue weighted by atomic mass is 10.0. The highest BCUT2D eigenvalue weighted by Gasteiger charge is 2.12. The van der Waals surface area contributed by atoms with Gasteiger partial charge in [-0.25, -0.2) is 4.79 Å². The van der Waals surface area contributed by atoms with Crippen LogP contribution in [0.5, 0.6) is 0 Å². The minimum absolute atomic E-state index is 0.0352. The predicted molar refractivity (Wildman–Crippen MR) is 143 cm³/mol. The predicted octanol–water partition coefficient (Wildman–Crippen LogP) is 10.4. The first kappa shape index (κ1) is 32.1. The molecule has 0 aromatic heterocycles. The number of hydrogen-bond donors (Lipinski definition) is 0. The van der Waals surface area contributed by atoms with Gasteiger partial charge in [0.25, 0.3) is 0 Å². The Hall–Kier alpha value is -0.860. The van der Waals surface area contributed by atoms with Crippen molar-refractivity contribution in [3.8, 4) is 0 Å². The molecule has 0 amide bonds. The number of carbonyl (C=O) groups is 1. The van der Waals surface area contributed by atoms with Gasteiger partial charge in [0.1, 0.15) is 6.10 Å². The lowest BCUT2D eigenvalue weighted by Crippen LogP contribution is -2.16. The summed E-state index contributed by atoms with van der Waals surface area (Å²) >= 11 is 0. The van der Waals surface area contributed by atoms with Crippen LogP contribution in [0.3, 0.4) is 0 Å². The number of ether oxygens (including phenoxy) is 1. The molecule has 0 bridgehead atoms. The van der Waals surface area contributed by atoms with Crippen LogP contribution in [-0.2, 0) is 9.53 Å². The summed E-state index contributed by atoms with van der Waals surface area (Å²) in [6.45, 7) is 5.61. The Labute approximate surface area is 206 Å². The number of esters is 1. The molecule has 0 saturated carbocycles. The molecule has 0 N–H and O–H groups in total. The molecule has 196 valence electrons. The lowest BCUT2D eigenvalue weighted by Gasteiger charge is -2.17. The van der Waals surface area contributed by atoms with Gasteiger partial charge in [0, 0.05) is 6.08 Å². The highest BCUT2D eigenvalue weighted by molar-refractivity contribution is 5.81. The molecular formula is C30H57FO2. The van der Waals surface area contributed by atoms with E-state index in [0.29, 0.717) is 6.42 Å². The summed E-state index contributed by atoms with van der Waals surface area (Å²) in [5.74, 6) is -0.292. The van der Waals surface area contributed by atoms with Crippen LogP contribution in [0.1, 0.15) is 161 Å². The zero-order valence-electron chi connectivity index (χ0n) is 22.2. The molecule has 0 aliphatic carbocycles. The van der Waals surface area contributed by atoms with Gasteiger partial charge in [0.2, 0.25) is 0 Å². The van der Waals surface area contributed by atoms with Crippen molar-refractivity contribution in [2.75, 3.05) is 6.67 Å². The van der Waals surface area contributed by atoms with Gasteiger partial charge in [0.05, 0.1) is 6.67 Å². The Bertz CT molecular complexity index is 410. The minimum atomic E-state index is -0.292. The molecule has 0 spiro atoms. The summed E-state index contributed by atoms with van der Waals surface area (Å²) in [4.78, 5) is 11.6. The number of carbonyl (C=O) groups excluding carboxylic acids is 1. The van der Waals surface area contributed by atoms with Gasteiger partial charge in [-0.2, -0.15) is 0 Å². The average Bonchev–Trinajstić information content (AvgIpc) is 2.82. The van der Waals surface area contributed by atoms with E-state index >= 15 is 0 Å². The first-order valence-corrected chi connectivity index (χ1v) is 14.6. The average molecular weight is 469 g/mol. The van der Waals surface area contributed by atoms with E-state index in [1.165, 1.54) is 102 Å². The number of unbranched alkanes of at least 4 members (excludes halogenated alkanes) is 20. The van der Waals surface area contributed by atoms with Gasteiger partial charge >= 0.3 is 5.97 Å². The van der Waals surface area contributed by atoms with Crippen molar-refractivity contribution in [1.82, 2.24) is 0 Å². The van der Waals surface area contributed by atoms with Crippen molar-refractivity contribution in [2.45, 2.75) is 167 Å². The molecule has 0 rings (SSSR count). The normalized spacial score (nSPS) is 12.1. The maximum absolute atomic E-state index is 12.1. The third kappa shape index (κ3) is 25.6. The topological polar surface area (TPSA) is 26.3 Å². The van der Waals surface area contributed by atoms with Crippen LogP contribution in [0, 0.1) is 0 Å². The fourth-order valence-corrected chi connectivity index (χ4v) is 4.57. The second-order valence-corrected chi connectivity index (χ2v) is 9.95. The third-order valence-electron chi connectivity index (χ3n) is 6.74. The highest BCUT2D eigenvalue weighted by Crippen LogP contribution is 2.18. The number of rotatable bonds is 27. The molecule has 33 heavy (non-hydrogen) atoms. The van der Waals surface area contributed by atoms with Crippen LogP contribution < -0.4 is 0 Å². The zero-order chi connectivity index (χ0) is 24.2. The van der Waals surface area contributed by atoms with Crippen molar-refractivity contribution in [2.24, 2.45) is 0 Å². The van der Waals surface area contributed by atoms with Crippen molar-refractivity contribution in [3.63, 3.8) is 0 Å². The van der Waals surface area contributed by atoms with Gasteiger partial charge in [-0.15, -0.1) is 0 Å². The van der Waals surface area contributed by atoms with Crippen molar-refractivity contribution < 1.29 is 13.9 Å². The van der Waals surface area contributed by atoms with Gasteiger partial charge in [0.15, 0.2) is 0 Å². The maximum Gasteiger partial charge on any atom is 0.330 e. The number of alkyl halides is 1. The van der Waals surface area contributed by atoms with E-state index in [0.717, 1.165) is 51.4 Å². The summed E-state index contributed by atoms with van der Waals surface area (Å²) in [6, 6.07) is 0. The highest BCUT2D eigenvalue weighted by atomic mass is 19.1. The van der Waals surface area contributed by atoms with Crippen LogP contribution in [0.25, 0.3) is 0 Å². The first-order valence-electron chi connectivity index (χ1n) is 14.6. The molecular weight excluding hydrogens is 411 g/mol. The number of halogens is 1. The van der Waals surface area contributed by atoms with Crippen LogP contribution in [0.4, 0.5) is 4.39 Å². The molecule has 3 heteroatoms. The fraction of sp³-hybridized carbons (Fsp3) is 0.900. The monoisotopic (exact) mass is 468 g/mol. The second-order valence-electron chi connectivity index (χ2n) is 9.95. The molecule has 1 unspecified atom stereocenters. The molecule has 0 saturated heterocycles. The van der Waals surface area contributed by atoms with Crippen LogP contribution in [-0.4, -0.2) is 18.7 Å². The summed E-state index contributed by atoms with van der Waals surface area (Å²) in [5, 5.41) is 0. The van der Waals surface area contributed by atoms with E-state index in [1.54, 1.807) is 0 Å². The number of hydrogen-bond acceptors (Lipinski definition) is 2. The Morgan fingerprint density at radius 1 is 0.636 bits per heavy atom. The summed E-state index contributed by atoms with van der Waals surface area (Å²) in [5.41, 5.74) is 0. The molecule has 2 nitrogen and oxygen atoms in total. The third-order valence-corrected chi connectivity index (χ3v) is 6.74. The first-order chi connectivity index (χ1) is 16.2. The van der Waals surface area contributed by atoms with E-state index in [2.05, 4.69) is 13.5 Å². The molecule has 0 aromatic carbocycles. The Morgan fingerprint density at radius 2 is 0.970 bits per heavy atom. The molecule has 0 radical (unpaired) electrons. The smallest absolute Gasteiger partial charge is 0.330 e. The Kier molecular flexibility index (Phi) is 26.7. The largest absolute Gasteiger partial charge is 0.459 e. The van der Waals surface area contributed by atoms with Gasteiger partial charge in [-0.3, -0.25) is 4.39 Å². The Morgan fingerprint density at radius 3 is 1.30 bits per heavy atom. The van der Waals surface area contributed by atoms with E-state index in [1.807, 2.05) is 0 Å². The van der Waals surface area contributed by atoms with E-state index in [4.69, 9.17) is 4.74 Å². The quantitative estimate of drug-likeness (QED) is 0.0680. The van der Waals surface area contributed by atoms with E-state index in [-0.39, 0.29) is 18.7 Å². The lowest BCUT2D eigenvalue weighted by molar-refractivity contribution is -0.143. The summed E-state index contributed by atoms with van der Waals surface area (Å²) < 4.78 is 17.7. The zero-order valence-corrected chi connectivity index (χ0v) is 22.2. The van der Waals surface area contributed by atoms with Gasteiger partial charge in [-0.1, -0.05) is 135 Å². The molecule has 1 atom stereocenters. The fourth-order valence-electron chi connectivity index (χ4n) is 4.57. The van der Waals surface area contributed by atoms with Crippen LogP contribution >= 0.6 is 0 Å². The van der Waals surface area contributed by atoms with Crippen molar-refractivity contribution in [3.05, 3.63) is 12.7 Å². The standard InChI is InChI=1S/C30H57FO2/c1-3-5-6-7-8-9-10-11-12-13-14-15-16-17-20-23-26-29(33-30(32)4-2)27-24-21-18-19-22-25-28-31/h4,29H,2-3,5-28H2,1H3. The SMILES string of the molecule is C=CC(=O)OC(CCCCCCCCF)CCCCCCCCCCCCCCCCCC. The second kappa shape index (κ2) is 27.4. The van der Waals surface area contributed by atoms with Crippen molar-refractivity contribution in [1.29, 1.82) is 0 Å². The molecule has 0 fully saturated rings. The minimum Gasteiger partial charge on any atom is -0.459 e.